The number of aliphatic imine (C=N–C) groups is 2. The van der Waals surface area contributed by atoms with E-state index in [2.05, 4.69) is 9.98 Å². The third-order valence-electron chi connectivity index (χ3n) is 3.01. The van der Waals surface area contributed by atoms with E-state index >= 15 is 0 Å². The highest BCUT2D eigenvalue weighted by Gasteiger charge is 2.66. The fourth-order valence-corrected chi connectivity index (χ4v) is 2.70. The van der Waals surface area contributed by atoms with Gasteiger partial charge in [0.05, 0.1) is 5.71 Å². The lowest BCUT2D eigenvalue weighted by Crippen LogP contribution is -2.18. The fraction of sp³-hybridized carbons (Fsp3) is 0.0769. The number of allylic oxidation sites excluding steroid dienone is 1. The van der Waals surface area contributed by atoms with Crippen LogP contribution >= 0.6 is 10.2 Å². The molecule has 2 nitrogen and oxygen atoms in total. The van der Waals surface area contributed by atoms with Crippen molar-refractivity contribution in [3.05, 3.63) is 59.0 Å². The Balaban J connectivity index is 2.01. The molecule has 0 unspecified atom stereocenters. The molecule has 1 aromatic carbocycles. The largest absolute Gasteiger partial charge is 0.310 e. The molecule has 21 heavy (non-hydrogen) atoms. The van der Waals surface area contributed by atoms with Gasteiger partial charge in [-0.2, -0.15) is 0 Å². The SMILES string of the molecule is FS(F)(F)(F)(F)C1=CC2=NC(c3ccccc3)=N[C@H]2C=C1. The fourth-order valence-electron chi connectivity index (χ4n) is 2.02. The average molecular weight is 320 g/mol. The van der Waals surface area contributed by atoms with Crippen molar-refractivity contribution >= 4 is 21.8 Å². The third-order valence-corrected chi connectivity index (χ3v) is 4.15. The Kier molecular flexibility index (Phi) is 2.41. The van der Waals surface area contributed by atoms with Crippen LogP contribution in [0.1, 0.15) is 5.56 Å². The predicted molar refractivity (Wildman–Crippen MR) is 74.6 cm³/mol. The first-order valence-electron chi connectivity index (χ1n) is 5.89. The summed E-state index contributed by atoms with van der Waals surface area (Å²) < 4.78 is 63.8. The Labute approximate surface area is 117 Å². The zero-order valence-electron chi connectivity index (χ0n) is 10.4. The highest BCUT2D eigenvalue weighted by molar-refractivity contribution is 8.48. The van der Waals surface area contributed by atoms with Crippen LogP contribution < -0.4 is 0 Å². The molecule has 1 atom stereocenters. The van der Waals surface area contributed by atoms with E-state index in [1.807, 2.05) is 0 Å². The van der Waals surface area contributed by atoms with Gasteiger partial charge in [-0.1, -0.05) is 55.8 Å². The maximum atomic E-state index is 12.8. The van der Waals surface area contributed by atoms with E-state index in [0.29, 0.717) is 17.7 Å². The van der Waals surface area contributed by atoms with Crippen LogP contribution in [0.15, 0.2) is 63.4 Å². The van der Waals surface area contributed by atoms with Gasteiger partial charge in [0, 0.05) is 5.56 Å². The number of fused-ring (bicyclic) bond motifs is 1. The van der Waals surface area contributed by atoms with Crippen molar-refractivity contribution in [2.75, 3.05) is 0 Å². The summed E-state index contributed by atoms with van der Waals surface area (Å²) in [5, 5.41) is 0. The molecule has 2 aliphatic rings. The second-order valence-electron chi connectivity index (χ2n) is 4.68. The zero-order valence-corrected chi connectivity index (χ0v) is 11.2. The molecule has 8 heteroatoms. The maximum Gasteiger partial charge on any atom is 0.310 e. The summed E-state index contributed by atoms with van der Waals surface area (Å²) in [5.41, 5.74) is 0.495. The summed E-state index contributed by atoms with van der Waals surface area (Å²) >= 11 is 0. The van der Waals surface area contributed by atoms with Gasteiger partial charge in [-0.15, -0.1) is 0 Å². The highest BCUT2D eigenvalue weighted by Crippen LogP contribution is 3.02. The number of amidine groups is 1. The van der Waals surface area contributed by atoms with Crippen molar-refractivity contribution in [1.82, 2.24) is 0 Å². The minimum absolute atomic E-state index is 0.125. The molecule has 0 bridgehead atoms. The van der Waals surface area contributed by atoms with Gasteiger partial charge in [-0.05, 0) is 12.2 Å². The summed E-state index contributed by atoms with van der Waals surface area (Å²) in [4.78, 5) is 6.12. The van der Waals surface area contributed by atoms with Gasteiger partial charge < -0.3 is 0 Å². The standard InChI is InChI=1S/C13H9F5N2S/c14-21(15,16,17,18)10-6-7-11-12(8-10)20-13(19-11)9-4-2-1-3-5-9/h1-8,11H/t11-/m0/s1. The van der Waals surface area contributed by atoms with Crippen LogP contribution in [0.25, 0.3) is 0 Å². The van der Waals surface area contributed by atoms with Crippen LogP contribution in [-0.2, 0) is 0 Å². The molecule has 0 aromatic heterocycles. The number of benzene rings is 1. The van der Waals surface area contributed by atoms with E-state index in [4.69, 9.17) is 0 Å². The second-order valence-corrected chi connectivity index (χ2v) is 7.08. The molecular formula is C13H9F5N2S. The van der Waals surface area contributed by atoms with Crippen LogP contribution in [0.3, 0.4) is 0 Å². The molecule has 0 saturated carbocycles. The Morgan fingerprint density at radius 1 is 0.952 bits per heavy atom. The normalized spacial score (nSPS) is 24.4. The van der Waals surface area contributed by atoms with Gasteiger partial charge in [0.2, 0.25) is 0 Å². The number of hydrogen-bond donors (Lipinski definition) is 0. The summed E-state index contributed by atoms with van der Waals surface area (Å²) in [6, 6.07) is 7.87. The first-order valence-corrected chi connectivity index (χ1v) is 7.84. The molecule has 0 amide bonds. The number of halogens is 5. The van der Waals surface area contributed by atoms with E-state index < -0.39 is 21.2 Å². The molecule has 1 aromatic rings. The van der Waals surface area contributed by atoms with Crippen LogP contribution in [0.2, 0.25) is 0 Å². The zero-order chi connectivity index (χ0) is 15.4. The van der Waals surface area contributed by atoms with Crippen molar-refractivity contribution in [3.63, 3.8) is 0 Å². The van der Waals surface area contributed by atoms with E-state index in [0.717, 1.165) is 6.08 Å². The molecule has 0 saturated heterocycles. The summed E-state index contributed by atoms with van der Waals surface area (Å²) in [5.74, 6) is 0.236. The molecule has 1 aliphatic heterocycles. The van der Waals surface area contributed by atoms with Gasteiger partial charge >= 0.3 is 10.2 Å². The molecule has 1 heterocycles. The number of rotatable bonds is 2. The lowest BCUT2D eigenvalue weighted by atomic mass is 10.1. The number of nitrogens with zero attached hydrogens (tertiary/aromatic N) is 2. The first-order chi connectivity index (χ1) is 9.53. The van der Waals surface area contributed by atoms with Gasteiger partial charge in [0.15, 0.2) is 5.84 Å². The number of hydrogen-bond acceptors (Lipinski definition) is 2. The van der Waals surface area contributed by atoms with Crippen LogP contribution in [0.5, 0.6) is 0 Å². The van der Waals surface area contributed by atoms with Gasteiger partial charge in [0.1, 0.15) is 10.9 Å². The maximum absolute atomic E-state index is 12.8. The Hall–Kier alpha value is -1.96. The topological polar surface area (TPSA) is 24.7 Å². The molecular weight excluding hydrogens is 311 g/mol. The monoisotopic (exact) mass is 320 g/mol. The van der Waals surface area contributed by atoms with Crippen molar-refractivity contribution in [3.8, 4) is 0 Å². The Morgan fingerprint density at radius 2 is 1.62 bits per heavy atom. The Morgan fingerprint density at radius 3 is 2.24 bits per heavy atom. The van der Waals surface area contributed by atoms with E-state index in [1.54, 1.807) is 30.3 Å². The molecule has 0 N–H and O–H groups in total. The van der Waals surface area contributed by atoms with E-state index in [-0.39, 0.29) is 11.5 Å². The molecule has 3 rings (SSSR count). The van der Waals surface area contributed by atoms with Crippen LogP contribution in [0.4, 0.5) is 19.4 Å². The second kappa shape index (κ2) is 3.62. The van der Waals surface area contributed by atoms with Crippen molar-refractivity contribution in [2.24, 2.45) is 9.98 Å². The molecule has 0 radical (unpaired) electrons. The van der Waals surface area contributed by atoms with Crippen molar-refractivity contribution < 1.29 is 19.4 Å². The summed E-state index contributed by atoms with van der Waals surface area (Å²) in [7, 11) is -9.68. The lowest BCUT2D eigenvalue weighted by molar-refractivity contribution is 0.380. The average Bonchev–Trinajstić information content (AvgIpc) is 2.80. The highest BCUT2D eigenvalue weighted by atomic mass is 32.5. The first kappa shape index (κ1) is 14.0. The van der Waals surface area contributed by atoms with Crippen LogP contribution in [-0.4, -0.2) is 17.6 Å². The van der Waals surface area contributed by atoms with Gasteiger partial charge in [-0.3, -0.25) is 4.99 Å². The molecule has 0 fully saturated rings. The van der Waals surface area contributed by atoms with Crippen LogP contribution in [0, 0.1) is 0 Å². The minimum Gasteiger partial charge on any atom is -0.252 e. The lowest BCUT2D eigenvalue weighted by Gasteiger charge is -2.42. The molecule has 112 valence electrons. The van der Waals surface area contributed by atoms with Crippen molar-refractivity contribution in [2.45, 2.75) is 6.04 Å². The smallest absolute Gasteiger partial charge is 0.252 e. The predicted octanol–water partition coefficient (Wildman–Crippen LogP) is 5.01. The molecule has 0 spiro atoms. The molecule has 1 aliphatic carbocycles. The third kappa shape index (κ3) is 2.76. The van der Waals surface area contributed by atoms with Gasteiger partial charge in [-0.25, -0.2) is 4.99 Å². The van der Waals surface area contributed by atoms with Gasteiger partial charge in [0.25, 0.3) is 0 Å². The van der Waals surface area contributed by atoms with E-state index in [1.165, 1.54) is 0 Å². The quantitative estimate of drug-likeness (QED) is 0.685. The van der Waals surface area contributed by atoms with Crippen molar-refractivity contribution in [1.29, 1.82) is 0 Å². The van der Waals surface area contributed by atoms with E-state index in [9.17, 15) is 19.4 Å². The Bertz CT molecular complexity index is 729. The minimum atomic E-state index is -9.68. The summed E-state index contributed by atoms with van der Waals surface area (Å²) in [6.07, 6.45) is 1.75. The summed E-state index contributed by atoms with van der Waals surface area (Å²) in [6.45, 7) is 0.